The standard InChI is InChI=1S/C25H20N2O5S/c1-31-25(28)23-11-4-5-12-24(23)32-21-10-6-7-18(15-21)17-26-27-33(29,30)22-14-13-19-8-2-3-9-20(19)16-22/h2-17,27H,1H3/b26-17+. The topological polar surface area (TPSA) is 94.1 Å². The van der Waals surface area contributed by atoms with E-state index in [0.717, 1.165) is 10.8 Å². The smallest absolute Gasteiger partial charge is 0.341 e. The molecule has 166 valence electrons. The lowest BCUT2D eigenvalue weighted by molar-refractivity contribution is 0.0598. The first-order valence-electron chi connectivity index (χ1n) is 9.95. The van der Waals surface area contributed by atoms with Crippen LogP contribution in [0.4, 0.5) is 0 Å². The van der Waals surface area contributed by atoms with Crippen LogP contribution in [0.1, 0.15) is 15.9 Å². The van der Waals surface area contributed by atoms with Crippen LogP contribution in [0, 0.1) is 0 Å². The minimum Gasteiger partial charge on any atom is -0.465 e. The molecule has 0 aliphatic carbocycles. The van der Waals surface area contributed by atoms with Crippen molar-refractivity contribution in [2.75, 3.05) is 7.11 Å². The van der Waals surface area contributed by atoms with E-state index in [1.54, 1.807) is 60.7 Å². The van der Waals surface area contributed by atoms with Crippen LogP contribution in [0.2, 0.25) is 0 Å². The average molecular weight is 461 g/mol. The highest BCUT2D eigenvalue weighted by Crippen LogP contribution is 2.26. The van der Waals surface area contributed by atoms with Gasteiger partial charge in [0, 0.05) is 0 Å². The van der Waals surface area contributed by atoms with Gasteiger partial charge in [0.25, 0.3) is 10.0 Å². The number of para-hydroxylation sites is 1. The number of ether oxygens (including phenoxy) is 2. The van der Waals surface area contributed by atoms with Gasteiger partial charge in [-0.2, -0.15) is 13.5 Å². The van der Waals surface area contributed by atoms with Gasteiger partial charge in [0.2, 0.25) is 0 Å². The number of fused-ring (bicyclic) bond motifs is 1. The van der Waals surface area contributed by atoms with Crippen molar-refractivity contribution in [3.8, 4) is 11.5 Å². The number of methoxy groups -OCH3 is 1. The highest BCUT2D eigenvalue weighted by molar-refractivity contribution is 7.89. The molecule has 0 saturated heterocycles. The predicted octanol–water partition coefficient (Wildman–Crippen LogP) is 4.73. The molecular weight excluding hydrogens is 440 g/mol. The second-order valence-corrected chi connectivity index (χ2v) is 8.69. The van der Waals surface area contributed by atoms with Gasteiger partial charge in [-0.05, 0) is 52.7 Å². The molecule has 4 aromatic carbocycles. The minimum absolute atomic E-state index is 0.120. The van der Waals surface area contributed by atoms with Gasteiger partial charge in [0.05, 0.1) is 18.2 Å². The van der Waals surface area contributed by atoms with Gasteiger partial charge in [0.15, 0.2) is 0 Å². The lowest BCUT2D eigenvalue weighted by Crippen LogP contribution is -2.18. The first kappa shape index (κ1) is 22.0. The summed E-state index contributed by atoms with van der Waals surface area (Å²) in [6, 6.07) is 26.0. The molecule has 0 saturated carbocycles. The third-order valence-corrected chi connectivity index (χ3v) is 6.02. The van der Waals surface area contributed by atoms with Gasteiger partial charge in [-0.25, -0.2) is 9.63 Å². The Balaban J connectivity index is 1.49. The number of nitrogens with one attached hydrogen (secondary N) is 1. The largest absolute Gasteiger partial charge is 0.465 e. The number of sulfonamides is 1. The lowest BCUT2D eigenvalue weighted by Gasteiger charge is -2.10. The Morgan fingerprint density at radius 1 is 0.879 bits per heavy atom. The molecule has 0 aliphatic heterocycles. The Morgan fingerprint density at radius 2 is 1.64 bits per heavy atom. The number of nitrogens with zero attached hydrogens (tertiary/aromatic N) is 1. The van der Waals surface area contributed by atoms with Crippen molar-refractivity contribution < 1.29 is 22.7 Å². The van der Waals surface area contributed by atoms with Gasteiger partial charge in [-0.15, -0.1) is 0 Å². The highest BCUT2D eigenvalue weighted by atomic mass is 32.2. The molecule has 4 rings (SSSR count). The van der Waals surface area contributed by atoms with E-state index in [4.69, 9.17) is 9.47 Å². The molecule has 7 nitrogen and oxygen atoms in total. The molecular formula is C25H20N2O5S. The molecule has 0 radical (unpaired) electrons. The average Bonchev–Trinajstić information content (AvgIpc) is 2.84. The Bertz CT molecular complexity index is 1450. The molecule has 33 heavy (non-hydrogen) atoms. The van der Waals surface area contributed by atoms with Gasteiger partial charge >= 0.3 is 5.97 Å². The van der Waals surface area contributed by atoms with E-state index in [0.29, 0.717) is 22.6 Å². The Kier molecular flexibility index (Phi) is 6.37. The van der Waals surface area contributed by atoms with Crippen molar-refractivity contribution in [1.82, 2.24) is 4.83 Å². The zero-order valence-corrected chi connectivity index (χ0v) is 18.5. The van der Waals surface area contributed by atoms with Crippen LogP contribution < -0.4 is 9.57 Å². The monoisotopic (exact) mass is 460 g/mol. The number of rotatable bonds is 7. The van der Waals surface area contributed by atoms with Gasteiger partial charge < -0.3 is 9.47 Å². The van der Waals surface area contributed by atoms with Gasteiger partial charge in [0.1, 0.15) is 17.1 Å². The number of hydrogen-bond acceptors (Lipinski definition) is 6. The summed E-state index contributed by atoms with van der Waals surface area (Å²) in [6.45, 7) is 0. The van der Waals surface area contributed by atoms with E-state index in [2.05, 4.69) is 9.93 Å². The normalized spacial score (nSPS) is 11.4. The van der Waals surface area contributed by atoms with Crippen LogP contribution in [0.3, 0.4) is 0 Å². The third-order valence-electron chi connectivity index (χ3n) is 4.80. The van der Waals surface area contributed by atoms with Crippen LogP contribution >= 0.6 is 0 Å². The quantitative estimate of drug-likeness (QED) is 0.244. The predicted molar refractivity (Wildman–Crippen MR) is 126 cm³/mol. The second kappa shape index (κ2) is 9.54. The van der Waals surface area contributed by atoms with E-state index in [9.17, 15) is 13.2 Å². The molecule has 0 fully saturated rings. The maximum absolute atomic E-state index is 12.6. The van der Waals surface area contributed by atoms with E-state index < -0.39 is 16.0 Å². The van der Waals surface area contributed by atoms with Gasteiger partial charge in [-0.1, -0.05) is 54.6 Å². The molecule has 0 aliphatic rings. The fraction of sp³-hybridized carbons (Fsp3) is 0.0400. The van der Waals surface area contributed by atoms with E-state index in [1.165, 1.54) is 19.4 Å². The maximum Gasteiger partial charge on any atom is 0.341 e. The van der Waals surface area contributed by atoms with Crippen molar-refractivity contribution in [2.45, 2.75) is 4.90 Å². The number of carbonyl (C=O) groups is 1. The zero-order valence-electron chi connectivity index (χ0n) is 17.6. The van der Waals surface area contributed by atoms with Crippen molar-refractivity contribution in [3.63, 3.8) is 0 Å². The van der Waals surface area contributed by atoms with Crippen LogP contribution in [0.25, 0.3) is 10.8 Å². The Labute approximate surface area is 191 Å². The molecule has 0 bridgehead atoms. The summed E-state index contributed by atoms with van der Waals surface area (Å²) in [4.78, 5) is 14.3. The SMILES string of the molecule is COC(=O)c1ccccc1Oc1cccc(/C=N/NS(=O)(=O)c2ccc3ccccc3c2)c1. The molecule has 0 heterocycles. The third kappa shape index (κ3) is 5.19. The second-order valence-electron chi connectivity index (χ2n) is 7.02. The van der Waals surface area contributed by atoms with Crippen molar-refractivity contribution in [3.05, 3.63) is 102 Å². The van der Waals surface area contributed by atoms with Crippen LogP contribution in [-0.2, 0) is 14.8 Å². The summed E-state index contributed by atoms with van der Waals surface area (Å²) in [7, 11) is -2.53. The fourth-order valence-electron chi connectivity index (χ4n) is 3.18. The summed E-state index contributed by atoms with van der Waals surface area (Å²) in [5.74, 6) is 0.287. The number of benzene rings is 4. The summed E-state index contributed by atoms with van der Waals surface area (Å²) in [5, 5.41) is 5.65. The molecule has 0 spiro atoms. The Morgan fingerprint density at radius 3 is 2.45 bits per heavy atom. The lowest BCUT2D eigenvalue weighted by atomic mass is 10.1. The number of hydrogen-bond donors (Lipinski definition) is 1. The van der Waals surface area contributed by atoms with Gasteiger partial charge in [-0.3, -0.25) is 0 Å². The molecule has 0 unspecified atom stereocenters. The minimum atomic E-state index is -3.83. The molecule has 0 aromatic heterocycles. The fourth-order valence-corrected chi connectivity index (χ4v) is 4.00. The van der Waals surface area contributed by atoms with Crippen LogP contribution in [0.15, 0.2) is 101 Å². The van der Waals surface area contributed by atoms with Crippen molar-refractivity contribution >= 4 is 33.0 Å². The first-order valence-corrected chi connectivity index (χ1v) is 11.4. The summed E-state index contributed by atoms with van der Waals surface area (Å²) in [5.41, 5.74) is 0.895. The molecule has 0 amide bonds. The van der Waals surface area contributed by atoms with Crippen LogP contribution in [0.5, 0.6) is 11.5 Å². The van der Waals surface area contributed by atoms with E-state index in [-0.39, 0.29) is 4.90 Å². The zero-order chi connectivity index (χ0) is 23.3. The molecule has 0 atom stereocenters. The first-order chi connectivity index (χ1) is 16.0. The molecule has 4 aromatic rings. The molecule has 8 heteroatoms. The number of esters is 1. The van der Waals surface area contributed by atoms with Crippen molar-refractivity contribution in [1.29, 1.82) is 0 Å². The van der Waals surface area contributed by atoms with E-state index in [1.807, 2.05) is 24.3 Å². The van der Waals surface area contributed by atoms with Crippen molar-refractivity contribution in [2.24, 2.45) is 5.10 Å². The number of carbonyl (C=O) groups excluding carboxylic acids is 1. The maximum atomic E-state index is 12.6. The summed E-state index contributed by atoms with van der Waals surface area (Å²) < 4.78 is 35.8. The van der Waals surface area contributed by atoms with E-state index >= 15 is 0 Å². The highest BCUT2D eigenvalue weighted by Gasteiger charge is 2.14. The Hall–Kier alpha value is -4.17. The van der Waals surface area contributed by atoms with Crippen LogP contribution in [-0.4, -0.2) is 27.7 Å². The summed E-state index contributed by atoms with van der Waals surface area (Å²) >= 11 is 0. The number of hydrazone groups is 1. The molecule has 1 N–H and O–H groups in total. The summed E-state index contributed by atoms with van der Waals surface area (Å²) in [6.07, 6.45) is 1.37.